The van der Waals surface area contributed by atoms with E-state index in [0.29, 0.717) is 48.6 Å². The summed E-state index contributed by atoms with van der Waals surface area (Å²) in [5.74, 6) is -0.0348. The van der Waals surface area contributed by atoms with E-state index in [-0.39, 0.29) is 22.4 Å². The van der Waals surface area contributed by atoms with Crippen LogP contribution in [0.5, 0.6) is 0 Å². The van der Waals surface area contributed by atoms with E-state index in [1.165, 1.54) is 6.07 Å². The summed E-state index contributed by atoms with van der Waals surface area (Å²) in [5, 5.41) is 13.9. The fourth-order valence-electron chi connectivity index (χ4n) is 3.86. The second-order valence-corrected chi connectivity index (χ2v) is 8.92. The summed E-state index contributed by atoms with van der Waals surface area (Å²) in [5.41, 5.74) is 1.39. The minimum Gasteiger partial charge on any atom is -0.355 e. The van der Waals surface area contributed by atoms with Crippen molar-refractivity contribution in [3.8, 4) is 0 Å². The number of amidine groups is 1. The van der Waals surface area contributed by atoms with Crippen molar-refractivity contribution in [3.63, 3.8) is 0 Å². The van der Waals surface area contributed by atoms with Crippen molar-refractivity contribution in [2.75, 3.05) is 18.4 Å². The third-order valence-corrected chi connectivity index (χ3v) is 6.86. The van der Waals surface area contributed by atoms with Crippen molar-refractivity contribution in [2.24, 2.45) is 10.3 Å². The number of carbonyl (C=O) groups excluding carboxylic acids is 1. The molecule has 1 saturated heterocycles. The quantitative estimate of drug-likeness (QED) is 0.592. The average molecular weight is 428 g/mol. The molecule has 1 N–H and O–H groups in total. The first-order valence-corrected chi connectivity index (χ1v) is 11.0. The summed E-state index contributed by atoms with van der Waals surface area (Å²) in [6.07, 6.45) is 1.06. The summed E-state index contributed by atoms with van der Waals surface area (Å²) >= 11 is 0. The molecule has 2 aliphatic rings. The van der Waals surface area contributed by atoms with Crippen LogP contribution >= 0.6 is 0 Å². The molecule has 0 radical (unpaired) electrons. The zero-order valence-corrected chi connectivity index (χ0v) is 17.1. The Balaban J connectivity index is 1.44. The van der Waals surface area contributed by atoms with E-state index in [9.17, 15) is 23.3 Å². The molecule has 1 fully saturated rings. The highest BCUT2D eigenvalue weighted by molar-refractivity contribution is 7.90. The van der Waals surface area contributed by atoms with E-state index in [1.54, 1.807) is 43.3 Å². The zero-order chi connectivity index (χ0) is 21.5. The molecule has 1 amide bonds. The Hall–Kier alpha value is -3.27. The van der Waals surface area contributed by atoms with Gasteiger partial charge in [-0.2, -0.15) is 8.42 Å². The van der Waals surface area contributed by atoms with E-state index in [4.69, 9.17) is 0 Å². The molecule has 0 unspecified atom stereocenters. The molecule has 0 bridgehead atoms. The predicted molar refractivity (Wildman–Crippen MR) is 111 cm³/mol. The number of likely N-dealkylation sites (tertiary alicyclic amines) is 1. The van der Waals surface area contributed by atoms with Crippen LogP contribution < -0.4 is 5.32 Å². The summed E-state index contributed by atoms with van der Waals surface area (Å²) in [7, 11) is -3.68. The number of sulfonamides is 1. The minimum absolute atomic E-state index is 0.0401. The Bertz CT molecular complexity index is 1170. The molecule has 0 aliphatic carbocycles. The van der Waals surface area contributed by atoms with Gasteiger partial charge >= 0.3 is 0 Å². The maximum Gasteiger partial charge on any atom is 0.285 e. The van der Waals surface area contributed by atoms with Crippen LogP contribution in [0.2, 0.25) is 0 Å². The average Bonchev–Trinajstić information content (AvgIpc) is 3.01. The highest BCUT2D eigenvalue weighted by Crippen LogP contribution is 2.30. The van der Waals surface area contributed by atoms with Gasteiger partial charge in [-0.25, -0.2) is 0 Å². The van der Waals surface area contributed by atoms with Gasteiger partial charge in [0.2, 0.25) is 5.91 Å². The fraction of sp³-hybridized carbons (Fsp3) is 0.300. The number of nitrogens with zero attached hydrogens (tertiary/aromatic N) is 3. The molecule has 2 aromatic rings. The van der Waals surface area contributed by atoms with Crippen LogP contribution in [-0.4, -0.2) is 43.1 Å². The normalized spacial score (nSPS) is 17.9. The smallest absolute Gasteiger partial charge is 0.285 e. The summed E-state index contributed by atoms with van der Waals surface area (Å²) in [6, 6.07) is 11.3. The van der Waals surface area contributed by atoms with Crippen LogP contribution in [0.4, 0.5) is 11.4 Å². The maximum absolute atomic E-state index is 12.7. The molecule has 2 heterocycles. The van der Waals surface area contributed by atoms with Crippen molar-refractivity contribution in [1.82, 2.24) is 4.90 Å². The number of benzene rings is 2. The molecule has 0 spiro atoms. The van der Waals surface area contributed by atoms with Crippen molar-refractivity contribution in [1.29, 1.82) is 0 Å². The van der Waals surface area contributed by atoms with Gasteiger partial charge in [0.15, 0.2) is 5.84 Å². The van der Waals surface area contributed by atoms with Crippen molar-refractivity contribution < 1.29 is 18.1 Å². The lowest BCUT2D eigenvalue weighted by Gasteiger charge is -2.32. The van der Waals surface area contributed by atoms with Gasteiger partial charge in [0, 0.05) is 30.6 Å². The number of rotatable bonds is 3. The second kappa shape index (κ2) is 7.52. The summed E-state index contributed by atoms with van der Waals surface area (Å²) in [6.45, 7) is 2.59. The number of piperidine rings is 1. The SMILES string of the molecule is Cc1c(NC(=O)C2CCN(C3=NS(=O)(=O)c4ccccc43)CC2)cccc1[N+](=O)[O-]. The highest BCUT2D eigenvalue weighted by atomic mass is 32.2. The topological polar surface area (TPSA) is 122 Å². The number of nitro benzene ring substituents is 1. The second-order valence-electron chi connectivity index (χ2n) is 7.34. The van der Waals surface area contributed by atoms with Crippen molar-refractivity contribution >= 4 is 33.1 Å². The number of hydrogen-bond donors (Lipinski definition) is 1. The predicted octanol–water partition coefficient (Wildman–Crippen LogP) is 2.70. The van der Waals surface area contributed by atoms with Gasteiger partial charge in [0.05, 0.1) is 16.2 Å². The lowest BCUT2D eigenvalue weighted by atomic mass is 9.95. The lowest BCUT2D eigenvalue weighted by molar-refractivity contribution is -0.385. The van der Waals surface area contributed by atoms with Crippen LogP contribution in [-0.2, 0) is 14.8 Å². The first-order valence-electron chi connectivity index (χ1n) is 9.52. The van der Waals surface area contributed by atoms with Crippen molar-refractivity contribution in [2.45, 2.75) is 24.7 Å². The number of amides is 1. The monoisotopic (exact) mass is 428 g/mol. The standard InChI is InChI=1S/C20H20N4O5S/c1-13-16(6-4-7-17(13)24(26)27)21-20(25)14-9-11-23(12-10-14)19-15-5-2-3-8-18(15)30(28,29)22-19/h2-8,14H,9-12H2,1H3,(H,21,25). The summed E-state index contributed by atoms with van der Waals surface area (Å²) < 4.78 is 28.5. The van der Waals surface area contributed by atoms with Gasteiger partial charge < -0.3 is 10.2 Å². The Labute approximate surface area is 173 Å². The number of nitrogens with one attached hydrogen (secondary N) is 1. The molecule has 4 rings (SSSR count). The Morgan fingerprint density at radius 2 is 1.87 bits per heavy atom. The first kappa shape index (κ1) is 20.0. The summed E-state index contributed by atoms with van der Waals surface area (Å²) in [4.78, 5) is 25.4. The fourth-order valence-corrected chi connectivity index (χ4v) is 5.09. The molecule has 0 aromatic heterocycles. The Morgan fingerprint density at radius 1 is 1.17 bits per heavy atom. The molecule has 2 aliphatic heterocycles. The largest absolute Gasteiger partial charge is 0.355 e. The number of fused-ring (bicyclic) bond motifs is 1. The Morgan fingerprint density at radius 3 is 2.57 bits per heavy atom. The highest BCUT2D eigenvalue weighted by Gasteiger charge is 2.34. The van der Waals surface area contributed by atoms with Gasteiger partial charge in [-0.1, -0.05) is 18.2 Å². The van der Waals surface area contributed by atoms with Gasteiger partial charge in [0.1, 0.15) is 4.90 Å². The molecular formula is C20H20N4O5S. The molecule has 2 aromatic carbocycles. The van der Waals surface area contributed by atoms with E-state index in [2.05, 4.69) is 9.71 Å². The van der Waals surface area contributed by atoms with Gasteiger partial charge in [0.25, 0.3) is 15.7 Å². The van der Waals surface area contributed by atoms with Crippen LogP contribution in [0.1, 0.15) is 24.0 Å². The molecule has 10 heteroatoms. The van der Waals surface area contributed by atoms with Crippen LogP contribution in [0.25, 0.3) is 0 Å². The number of nitro groups is 1. The number of hydrogen-bond acceptors (Lipinski definition) is 6. The molecule has 0 atom stereocenters. The molecule has 30 heavy (non-hydrogen) atoms. The molecule has 9 nitrogen and oxygen atoms in total. The van der Waals surface area contributed by atoms with Gasteiger partial charge in [-0.3, -0.25) is 14.9 Å². The minimum atomic E-state index is -3.68. The number of carbonyl (C=O) groups is 1. The van der Waals surface area contributed by atoms with E-state index < -0.39 is 14.9 Å². The molecule has 0 saturated carbocycles. The van der Waals surface area contributed by atoms with Gasteiger partial charge in [-0.05, 0) is 38.0 Å². The Kier molecular flexibility index (Phi) is 5.02. The van der Waals surface area contributed by atoms with E-state index in [1.807, 2.05) is 4.90 Å². The lowest BCUT2D eigenvalue weighted by Crippen LogP contribution is -2.41. The van der Waals surface area contributed by atoms with Crippen LogP contribution in [0.15, 0.2) is 51.8 Å². The number of anilines is 1. The third kappa shape index (κ3) is 3.54. The third-order valence-electron chi connectivity index (χ3n) is 5.54. The van der Waals surface area contributed by atoms with Gasteiger partial charge in [-0.15, -0.1) is 4.40 Å². The maximum atomic E-state index is 12.7. The van der Waals surface area contributed by atoms with E-state index >= 15 is 0 Å². The first-order chi connectivity index (χ1) is 14.3. The van der Waals surface area contributed by atoms with Crippen LogP contribution in [0, 0.1) is 23.0 Å². The van der Waals surface area contributed by atoms with E-state index in [0.717, 1.165) is 0 Å². The molecular weight excluding hydrogens is 408 g/mol. The zero-order valence-electron chi connectivity index (χ0n) is 16.2. The van der Waals surface area contributed by atoms with Crippen LogP contribution in [0.3, 0.4) is 0 Å². The molecule has 156 valence electrons. The van der Waals surface area contributed by atoms with Crippen molar-refractivity contribution in [3.05, 3.63) is 63.7 Å².